The van der Waals surface area contributed by atoms with Gasteiger partial charge in [-0.15, -0.1) is 50.9 Å². The van der Waals surface area contributed by atoms with Crippen LogP contribution < -0.4 is 0 Å². The molecule has 0 unspecified atom stereocenters. The van der Waals surface area contributed by atoms with Crippen molar-refractivity contribution < 1.29 is 0 Å². The van der Waals surface area contributed by atoms with Gasteiger partial charge in [0.15, 0.2) is 0 Å². The van der Waals surface area contributed by atoms with Crippen molar-refractivity contribution in [2.45, 2.75) is 33.1 Å². The number of rotatable bonds is 2. The Bertz CT molecular complexity index is 19.7. The molecular weight excluding hydrogens is 311 g/mol. The molecule has 0 fully saturated rings. The predicted molar refractivity (Wildman–Crippen MR) is 66.1 cm³/mol. The third-order valence-corrected chi connectivity index (χ3v) is 0.707. The molecule has 0 N–H and O–H groups in total. The topological polar surface area (TPSA) is 0 Å². The van der Waals surface area contributed by atoms with E-state index in [0.29, 0.717) is 0 Å². The van der Waals surface area contributed by atoms with Crippen LogP contribution in [0.2, 0.25) is 0 Å². The normalized spacial score (nSPS) is 4.67. The first-order chi connectivity index (χ1) is 2.41. The lowest BCUT2D eigenvalue weighted by atomic mass is 10.3. The zero-order valence-electron chi connectivity index (χ0n) is 5.35. The quantitative estimate of drug-likeness (QED) is 0.684. The van der Waals surface area contributed by atoms with Crippen molar-refractivity contribution >= 4 is 59.4 Å². The highest BCUT2D eigenvalue weighted by Crippen LogP contribution is 1.88. The molecule has 0 saturated heterocycles. The minimum atomic E-state index is 0. The Hall–Kier alpha value is 1.50. The number of hydrogen-bond acceptors (Lipinski definition) is 0. The van der Waals surface area contributed by atoms with Gasteiger partial charge in [0.1, 0.15) is 0 Å². The fraction of sp³-hybridized carbons (Fsp3) is 1.00. The van der Waals surface area contributed by atoms with E-state index in [-0.39, 0.29) is 59.4 Å². The molecule has 9 heavy (non-hydrogen) atoms. The van der Waals surface area contributed by atoms with Crippen LogP contribution in [0.5, 0.6) is 0 Å². The van der Waals surface area contributed by atoms with Gasteiger partial charge < -0.3 is 0 Å². The average molecular weight is 329 g/mol. The molecule has 0 rings (SSSR count). The first-order valence-corrected chi connectivity index (χ1v) is 2.41. The summed E-state index contributed by atoms with van der Waals surface area (Å²) >= 11 is 0. The van der Waals surface area contributed by atoms with E-state index in [2.05, 4.69) is 13.8 Å². The summed E-state index contributed by atoms with van der Waals surface area (Å²) in [7, 11) is 0. The summed E-state index contributed by atoms with van der Waals surface area (Å²) in [4.78, 5) is 0. The zero-order chi connectivity index (χ0) is 4.12. The molecule has 0 aliphatic heterocycles. The molecule has 0 aliphatic rings. The molecule has 0 heterocycles. The largest absolute Gasteiger partial charge is 0.114 e. The summed E-state index contributed by atoms with van der Waals surface area (Å²) in [5.41, 5.74) is 0. The van der Waals surface area contributed by atoms with E-state index >= 15 is 0 Å². The van der Waals surface area contributed by atoms with Gasteiger partial charge in [-0.2, -0.15) is 0 Å². The molecule has 0 aliphatic carbocycles. The van der Waals surface area contributed by atoms with Crippen molar-refractivity contribution in [3.05, 3.63) is 0 Å². The summed E-state index contributed by atoms with van der Waals surface area (Å²) in [6, 6.07) is 0. The smallest absolute Gasteiger partial charge is 0.0814 e. The van der Waals surface area contributed by atoms with E-state index in [4.69, 9.17) is 0 Å². The predicted octanol–water partition coefficient (Wildman–Crippen LogP) is 2.75. The van der Waals surface area contributed by atoms with E-state index in [1.54, 1.807) is 0 Å². The Labute approximate surface area is 92.1 Å². The van der Waals surface area contributed by atoms with Gasteiger partial charge in [0.05, 0.1) is 8.41 Å². The van der Waals surface area contributed by atoms with Gasteiger partial charge in [0.25, 0.3) is 0 Å². The number of halogens is 3. The molecule has 0 amide bonds. The maximum Gasteiger partial charge on any atom is 0.0814 e. The molecule has 0 radical (unpaired) electrons. The molecule has 4 heteroatoms. The molecule has 0 bridgehead atoms. The Balaban J connectivity index is -0.0000000133. The third kappa shape index (κ3) is 43.6. The van der Waals surface area contributed by atoms with Crippen molar-refractivity contribution in [1.82, 2.24) is 0 Å². The van der Waals surface area contributed by atoms with Crippen molar-refractivity contribution in [2.24, 2.45) is 0 Å². The van der Waals surface area contributed by atoms with Gasteiger partial charge in [-0.25, -0.2) is 0 Å². The van der Waals surface area contributed by atoms with Crippen LogP contribution in [0.15, 0.2) is 0 Å². The first kappa shape index (κ1) is 31.3. The summed E-state index contributed by atoms with van der Waals surface area (Å²) in [5, 5.41) is 0. The maximum absolute atomic E-state index is 2.21. The molecule has 0 nitrogen and oxygen atoms in total. The van der Waals surface area contributed by atoms with Gasteiger partial charge in [-0.1, -0.05) is 33.1 Å². The van der Waals surface area contributed by atoms with E-state index in [1.165, 1.54) is 19.3 Å². The Morgan fingerprint density at radius 3 is 1.00 bits per heavy atom. The minimum absolute atomic E-state index is 0. The highest BCUT2D eigenvalue weighted by atomic mass is 79.9. The first-order valence-electron chi connectivity index (χ1n) is 2.41. The van der Waals surface area contributed by atoms with E-state index in [9.17, 15) is 0 Å². The van der Waals surface area contributed by atoms with Crippen molar-refractivity contribution in [3.63, 3.8) is 0 Å². The van der Waals surface area contributed by atoms with Crippen LogP contribution in [-0.2, 0) is 0 Å². The lowest BCUT2D eigenvalue weighted by Gasteiger charge is -1.79. The molecule has 0 spiro atoms. The summed E-state index contributed by atoms with van der Waals surface area (Å²) < 4.78 is 0. The second kappa shape index (κ2) is 33.9. The molecule has 62 valence electrons. The Kier molecular flexibility index (Phi) is 118. The van der Waals surface area contributed by atoms with Gasteiger partial charge in [-0.3, -0.25) is 0 Å². The number of hydrogen-bond donors (Lipinski definition) is 0. The van der Waals surface area contributed by atoms with E-state index in [0.717, 1.165) is 0 Å². The maximum atomic E-state index is 2.21. The fourth-order valence-electron chi connectivity index (χ4n) is 0.354. The average Bonchev–Trinajstić information content (AvgIpc) is 1.41. The Morgan fingerprint density at radius 2 is 1.00 bits per heavy atom. The standard InChI is InChI=1S/C5H12.BH3.3BrH/c1-3-5-4-2;;;;/h3-5H2,1-2H3;1H3;3*1H. The van der Waals surface area contributed by atoms with Crippen molar-refractivity contribution in [1.29, 1.82) is 0 Å². The summed E-state index contributed by atoms with van der Waals surface area (Å²) in [6.07, 6.45) is 4.08. The third-order valence-electron chi connectivity index (χ3n) is 0.707. The highest BCUT2D eigenvalue weighted by molar-refractivity contribution is 8.93. The van der Waals surface area contributed by atoms with Crippen molar-refractivity contribution in [2.75, 3.05) is 0 Å². The van der Waals surface area contributed by atoms with Crippen LogP contribution in [0.1, 0.15) is 33.1 Å². The van der Waals surface area contributed by atoms with Crippen LogP contribution in [0, 0.1) is 0 Å². The molecule has 0 aromatic carbocycles. The van der Waals surface area contributed by atoms with Gasteiger partial charge in [0.2, 0.25) is 0 Å². The molecule has 0 atom stereocenters. The van der Waals surface area contributed by atoms with Crippen LogP contribution in [0.25, 0.3) is 0 Å². The second-order valence-corrected chi connectivity index (χ2v) is 1.35. The monoisotopic (exact) mass is 326 g/mol. The van der Waals surface area contributed by atoms with E-state index < -0.39 is 0 Å². The SMILES string of the molecule is B.Br.Br.Br.CCCCC. The fourth-order valence-corrected chi connectivity index (χ4v) is 0.354. The molecular formula is C5H18BBr3. The summed E-state index contributed by atoms with van der Waals surface area (Å²) in [5.74, 6) is 0. The van der Waals surface area contributed by atoms with E-state index in [1.807, 2.05) is 0 Å². The van der Waals surface area contributed by atoms with Gasteiger partial charge in [0, 0.05) is 0 Å². The minimum Gasteiger partial charge on any atom is -0.114 e. The second-order valence-electron chi connectivity index (χ2n) is 1.35. The summed E-state index contributed by atoms with van der Waals surface area (Å²) in [6.45, 7) is 4.42. The lowest BCUT2D eigenvalue weighted by molar-refractivity contribution is 0.772. The highest BCUT2D eigenvalue weighted by Gasteiger charge is 1.68. The molecule has 0 aromatic heterocycles. The molecule has 0 saturated carbocycles. The Morgan fingerprint density at radius 1 is 0.778 bits per heavy atom. The van der Waals surface area contributed by atoms with Gasteiger partial charge in [-0.05, 0) is 0 Å². The van der Waals surface area contributed by atoms with Gasteiger partial charge >= 0.3 is 0 Å². The molecule has 0 aromatic rings. The van der Waals surface area contributed by atoms with Crippen LogP contribution >= 0.6 is 50.9 Å². The van der Waals surface area contributed by atoms with Crippen LogP contribution in [-0.4, -0.2) is 8.41 Å². The zero-order valence-corrected chi connectivity index (χ0v) is 10.5. The van der Waals surface area contributed by atoms with Crippen molar-refractivity contribution in [3.8, 4) is 0 Å². The number of unbranched alkanes of at least 4 members (excludes halogenated alkanes) is 2. The van der Waals surface area contributed by atoms with Crippen LogP contribution in [0.4, 0.5) is 0 Å². The lowest BCUT2D eigenvalue weighted by Crippen LogP contribution is -1.59. The van der Waals surface area contributed by atoms with Crippen LogP contribution in [0.3, 0.4) is 0 Å².